The first-order chi connectivity index (χ1) is 29.9. The van der Waals surface area contributed by atoms with Crippen molar-refractivity contribution < 1.29 is 39.5 Å². The van der Waals surface area contributed by atoms with Crippen LogP contribution in [0.25, 0.3) is 10.9 Å². The van der Waals surface area contributed by atoms with E-state index in [0.717, 1.165) is 24.0 Å². The van der Waals surface area contributed by atoms with Crippen molar-refractivity contribution in [3.63, 3.8) is 0 Å². The summed E-state index contributed by atoms with van der Waals surface area (Å²) < 4.78 is 5.96. The number of hydrogen-bond donors (Lipinski definition) is 6. The van der Waals surface area contributed by atoms with Crippen LogP contribution in [-0.4, -0.2) is 92.3 Å². The fourth-order valence-corrected chi connectivity index (χ4v) is 8.53. The fraction of sp³-hybridized carbons (Fsp3) is 0.265. The molecule has 2 saturated heterocycles. The summed E-state index contributed by atoms with van der Waals surface area (Å²) in [6.45, 7) is 3.60. The number of aromatic amines is 1. The van der Waals surface area contributed by atoms with Gasteiger partial charge in [-0.25, -0.2) is 4.79 Å². The summed E-state index contributed by atoms with van der Waals surface area (Å²) in [4.78, 5) is 57.1. The van der Waals surface area contributed by atoms with Gasteiger partial charge in [0, 0.05) is 66.3 Å². The van der Waals surface area contributed by atoms with Gasteiger partial charge in [-0.1, -0.05) is 72.8 Å². The molecule has 13 heteroatoms. The van der Waals surface area contributed by atoms with Gasteiger partial charge in [-0.05, 0) is 96.6 Å². The smallest absolute Gasteiger partial charge is 0.345 e. The van der Waals surface area contributed by atoms with Crippen molar-refractivity contribution in [2.45, 2.75) is 37.6 Å². The fourth-order valence-electron chi connectivity index (χ4n) is 8.53. The molecular weight excluding hydrogens is 789 g/mol. The summed E-state index contributed by atoms with van der Waals surface area (Å²) in [6, 6.07) is 35.5. The van der Waals surface area contributed by atoms with E-state index in [1.807, 2.05) is 46.2 Å². The van der Waals surface area contributed by atoms with Crippen molar-refractivity contribution in [1.82, 2.24) is 20.1 Å². The van der Waals surface area contributed by atoms with Crippen LogP contribution in [0, 0.1) is 5.41 Å². The summed E-state index contributed by atoms with van der Waals surface area (Å²) in [7, 11) is 0. The zero-order valence-electron chi connectivity index (χ0n) is 34.0. The number of likely N-dealkylation sites (tertiary alicyclic amines) is 2. The zero-order chi connectivity index (χ0) is 43.4. The monoisotopic (exact) mass is 836 g/mol. The molecule has 0 radical (unpaired) electrons. The van der Waals surface area contributed by atoms with Gasteiger partial charge in [-0.15, -0.1) is 0 Å². The maximum absolute atomic E-state index is 13.5. The Kier molecular flexibility index (Phi) is 11.9. The largest absolute Gasteiger partial charge is 0.506 e. The number of rotatable bonds is 14. The number of phenolic OH excluding ortho intramolecular Hbond substituents is 1. The van der Waals surface area contributed by atoms with Crippen molar-refractivity contribution in [3.05, 3.63) is 177 Å². The third kappa shape index (κ3) is 8.68. The SMILES string of the molecule is O=C(c1ccc(COc2cccc(C(O)(C(=O)O)c3ccccc3)c2)cc1)N1CCC2(CC1)CN(C(=O)c1ccc(CCNCC(O)c3ccc(O)c4[nH]c(=O)ccc34)cc1)C2. The number of carboxylic acids is 1. The van der Waals surface area contributed by atoms with Crippen LogP contribution < -0.4 is 15.6 Å². The lowest BCUT2D eigenvalue weighted by Crippen LogP contribution is -2.62. The lowest BCUT2D eigenvalue weighted by Gasteiger charge is -2.54. The number of fused-ring (bicyclic) bond motifs is 1. The van der Waals surface area contributed by atoms with Crippen LogP contribution in [-0.2, 0) is 23.4 Å². The molecule has 1 aromatic heterocycles. The topological polar surface area (TPSA) is 193 Å². The number of aliphatic carboxylic acids is 1. The van der Waals surface area contributed by atoms with E-state index < -0.39 is 17.7 Å². The molecule has 6 aromatic rings. The number of carbonyl (C=O) groups is 3. The first-order valence-electron chi connectivity index (χ1n) is 20.7. The number of carboxylic acid groups (broad SMARTS) is 1. The van der Waals surface area contributed by atoms with Crippen molar-refractivity contribution in [2.75, 3.05) is 39.3 Å². The highest BCUT2D eigenvalue weighted by molar-refractivity contribution is 5.95. The van der Waals surface area contributed by atoms with E-state index in [2.05, 4.69) is 10.3 Å². The minimum atomic E-state index is -2.24. The highest BCUT2D eigenvalue weighted by Crippen LogP contribution is 2.41. The third-order valence-corrected chi connectivity index (χ3v) is 12.2. The van der Waals surface area contributed by atoms with Gasteiger partial charge < -0.3 is 45.3 Å². The molecule has 2 fully saturated rings. The second-order valence-corrected chi connectivity index (χ2v) is 16.3. The van der Waals surface area contributed by atoms with E-state index in [4.69, 9.17) is 4.74 Å². The Hall–Kier alpha value is -6.80. The molecule has 2 amide bonds. The average Bonchev–Trinajstić information content (AvgIpc) is 3.29. The quantitative estimate of drug-likeness (QED) is 0.0777. The number of nitrogens with one attached hydrogen (secondary N) is 2. The van der Waals surface area contributed by atoms with E-state index in [9.17, 15) is 39.6 Å². The lowest BCUT2D eigenvalue weighted by molar-refractivity contribution is -0.155. The second-order valence-electron chi connectivity index (χ2n) is 16.3. The molecule has 1 spiro atoms. The Labute approximate surface area is 357 Å². The summed E-state index contributed by atoms with van der Waals surface area (Å²) in [6.07, 6.45) is 1.48. The molecule has 8 rings (SSSR count). The summed E-state index contributed by atoms with van der Waals surface area (Å²) >= 11 is 0. The Balaban J connectivity index is 0.764. The molecule has 13 nitrogen and oxygen atoms in total. The number of benzene rings is 5. The van der Waals surface area contributed by atoms with Gasteiger partial charge in [0.2, 0.25) is 11.2 Å². The molecule has 2 aliphatic heterocycles. The zero-order valence-corrected chi connectivity index (χ0v) is 34.0. The Morgan fingerprint density at radius 1 is 0.774 bits per heavy atom. The predicted octanol–water partition coefficient (Wildman–Crippen LogP) is 5.38. The first kappa shape index (κ1) is 41.9. The lowest BCUT2D eigenvalue weighted by atomic mass is 9.71. The molecular formula is C49H48N4O9. The van der Waals surface area contributed by atoms with Crippen molar-refractivity contribution >= 4 is 28.7 Å². The van der Waals surface area contributed by atoms with Crippen LogP contribution in [0.4, 0.5) is 0 Å². The van der Waals surface area contributed by atoms with Gasteiger partial charge in [0.05, 0.1) is 11.6 Å². The summed E-state index contributed by atoms with van der Waals surface area (Å²) in [5.74, 6) is -1.10. The van der Waals surface area contributed by atoms with Crippen molar-refractivity contribution in [3.8, 4) is 11.5 Å². The number of amides is 2. The van der Waals surface area contributed by atoms with Crippen molar-refractivity contribution in [1.29, 1.82) is 0 Å². The number of nitrogens with zero attached hydrogens (tertiary/aromatic N) is 2. The number of carbonyl (C=O) groups excluding carboxylic acids is 2. The molecule has 0 bridgehead atoms. The van der Waals surface area contributed by atoms with E-state index in [1.54, 1.807) is 72.8 Å². The molecule has 318 valence electrons. The van der Waals surface area contributed by atoms with Gasteiger partial charge >= 0.3 is 5.97 Å². The number of aromatic nitrogens is 1. The Morgan fingerprint density at radius 3 is 2.10 bits per heavy atom. The van der Waals surface area contributed by atoms with Crippen LogP contribution in [0.1, 0.15) is 67.5 Å². The van der Waals surface area contributed by atoms with Crippen LogP contribution in [0.15, 0.2) is 132 Å². The van der Waals surface area contributed by atoms with Gasteiger partial charge in [0.1, 0.15) is 18.1 Å². The number of phenols is 1. The van der Waals surface area contributed by atoms with Gasteiger partial charge in [-0.2, -0.15) is 0 Å². The first-order valence-corrected chi connectivity index (χ1v) is 20.7. The number of aliphatic hydroxyl groups excluding tert-OH is 1. The third-order valence-electron chi connectivity index (χ3n) is 12.2. The van der Waals surface area contributed by atoms with Crippen LogP contribution in [0.2, 0.25) is 0 Å². The molecule has 2 unspecified atom stereocenters. The highest BCUT2D eigenvalue weighted by atomic mass is 16.5. The second kappa shape index (κ2) is 17.7. The average molecular weight is 837 g/mol. The number of ether oxygens (including phenoxy) is 1. The highest BCUT2D eigenvalue weighted by Gasteiger charge is 2.47. The normalized spacial score (nSPS) is 16.0. The van der Waals surface area contributed by atoms with E-state index >= 15 is 0 Å². The molecule has 2 aliphatic rings. The molecule has 2 atom stereocenters. The van der Waals surface area contributed by atoms with Crippen LogP contribution in [0.3, 0.4) is 0 Å². The predicted molar refractivity (Wildman–Crippen MR) is 232 cm³/mol. The van der Waals surface area contributed by atoms with E-state index in [0.29, 0.717) is 72.5 Å². The summed E-state index contributed by atoms with van der Waals surface area (Å²) in [5.41, 5.74) is 1.82. The standard InChI is InChI=1S/C49H48N4O9/c54-41-19-17-39(40-18-20-43(56)51-44(40)41)42(55)28-50-24-21-32-9-13-35(14-10-32)46(58)53-30-48(31-53)22-25-52(26-23-48)45(57)34-15-11-33(12-16-34)29-62-38-8-4-7-37(27-38)49(61,47(59)60)36-5-2-1-3-6-36/h1-20,27,42,50,54-55,61H,21-26,28-31H2,(H,51,56)(H,59,60). The van der Waals surface area contributed by atoms with Crippen molar-refractivity contribution in [2.24, 2.45) is 5.41 Å². The van der Waals surface area contributed by atoms with Gasteiger partial charge in [-0.3, -0.25) is 14.4 Å². The summed E-state index contributed by atoms with van der Waals surface area (Å²) in [5, 5.41) is 46.0. The van der Waals surface area contributed by atoms with Gasteiger partial charge in [0.25, 0.3) is 11.8 Å². The number of H-pyrrole nitrogens is 1. The molecule has 6 N–H and O–H groups in total. The Morgan fingerprint density at radius 2 is 1.42 bits per heavy atom. The number of aromatic hydroxyl groups is 1. The number of piperidine rings is 1. The van der Waals surface area contributed by atoms with Crippen LogP contribution >= 0.6 is 0 Å². The van der Waals surface area contributed by atoms with E-state index in [-0.39, 0.29) is 52.8 Å². The minimum absolute atomic E-state index is 0.00451. The van der Waals surface area contributed by atoms with Crippen LogP contribution in [0.5, 0.6) is 11.5 Å². The molecule has 5 aromatic carbocycles. The number of hydrogen-bond acceptors (Lipinski definition) is 9. The Bertz CT molecular complexity index is 2630. The van der Waals surface area contributed by atoms with E-state index in [1.165, 1.54) is 18.2 Å². The maximum atomic E-state index is 13.5. The number of pyridine rings is 1. The molecule has 62 heavy (non-hydrogen) atoms. The molecule has 0 aliphatic carbocycles. The maximum Gasteiger partial charge on any atom is 0.345 e. The molecule has 3 heterocycles. The number of aliphatic hydroxyl groups is 2. The minimum Gasteiger partial charge on any atom is -0.506 e. The molecule has 0 saturated carbocycles. The van der Waals surface area contributed by atoms with Gasteiger partial charge in [0.15, 0.2) is 0 Å².